The molecule has 0 radical (unpaired) electrons. The normalized spacial score (nSPS) is 12.9. The van der Waals surface area contributed by atoms with Crippen molar-refractivity contribution in [1.82, 2.24) is 15.1 Å². The van der Waals surface area contributed by atoms with Crippen molar-refractivity contribution >= 4 is 27.3 Å². The van der Waals surface area contributed by atoms with E-state index in [1.54, 1.807) is 11.3 Å². The molecule has 0 aliphatic carbocycles. The average molecular weight is 328 g/mol. The Morgan fingerprint density at radius 1 is 1.56 bits per heavy atom. The zero-order valence-corrected chi connectivity index (χ0v) is 13.3. The lowest BCUT2D eigenvalue weighted by Gasteiger charge is -2.17. The quantitative estimate of drug-likeness (QED) is 0.908. The van der Waals surface area contributed by atoms with Crippen LogP contribution < -0.4 is 5.32 Å². The predicted octanol–water partition coefficient (Wildman–Crippen LogP) is 3.64. The molecule has 18 heavy (non-hydrogen) atoms. The SMILES string of the molecule is CCCNC(c1cn(C)nc1C)c1sccc1Br. The zero-order chi connectivity index (χ0) is 13.1. The fourth-order valence-corrected chi connectivity index (χ4v) is 3.74. The van der Waals surface area contributed by atoms with Crippen molar-refractivity contribution in [1.29, 1.82) is 0 Å². The van der Waals surface area contributed by atoms with E-state index in [1.165, 1.54) is 14.9 Å². The smallest absolute Gasteiger partial charge is 0.0716 e. The van der Waals surface area contributed by atoms with Crippen LogP contribution in [0, 0.1) is 6.92 Å². The van der Waals surface area contributed by atoms with Crippen molar-refractivity contribution in [3.63, 3.8) is 0 Å². The molecule has 5 heteroatoms. The fraction of sp³-hybridized carbons (Fsp3) is 0.462. The molecular weight excluding hydrogens is 310 g/mol. The number of nitrogens with zero attached hydrogens (tertiary/aromatic N) is 2. The van der Waals surface area contributed by atoms with Gasteiger partial charge in [0.05, 0.1) is 11.7 Å². The largest absolute Gasteiger partial charge is 0.305 e. The van der Waals surface area contributed by atoms with E-state index in [2.05, 4.69) is 57.8 Å². The number of hydrogen-bond donors (Lipinski definition) is 1. The van der Waals surface area contributed by atoms with Crippen LogP contribution in [0.2, 0.25) is 0 Å². The number of rotatable bonds is 5. The van der Waals surface area contributed by atoms with Gasteiger partial charge in [0.25, 0.3) is 0 Å². The molecule has 0 fully saturated rings. The first kappa shape index (κ1) is 13.8. The van der Waals surface area contributed by atoms with Crippen LogP contribution in [-0.4, -0.2) is 16.3 Å². The Bertz CT molecular complexity index is 518. The highest BCUT2D eigenvalue weighted by Gasteiger charge is 2.21. The highest BCUT2D eigenvalue weighted by Crippen LogP contribution is 2.34. The van der Waals surface area contributed by atoms with Crippen LogP contribution >= 0.6 is 27.3 Å². The predicted molar refractivity (Wildman–Crippen MR) is 80.1 cm³/mol. The molecule has 3 nitrogen and oxygen atoms in total. The lowest BCUT2D eigenvalue weighted by atomic mass is 10.1. The molecule has 2 heterocycles. The van der Waals surface area contributed by atoms with E-state index in [4.69, 9.17) is 0 Å². The van der Waals surface area contributed by atoms with Crippen LogP contribution in [0.3, 0.4) is 0 Å². The van der Waals surface area contributed by atoms with Crippen molar-refractivity contribution in [3.8, 4) is 0 Å². The molecule has 1 atom stereocenters. The van der Waals surface area contributed by atoms with Gasteiger partial charge < -0.3 is 5.32 Å². The molecule has 2 aromatic heterocycles. The fourth-order valence-electron chi connectivity index (χ4n) is 2.05. The first-order chi connectivity index (χ1) is 8.63. The maximum Gasteiger partial charge on any atom is 0.0716 e. The molecule has 0 saturated heterocycles. The van der Waals surface area contributed by atoms with Crippen molar-refractivity contribution in [3.05, 3.63) is 38.3 Å². The second kappa shape index (κ2) is 5.99. The minimum Gasteiger partial charge on any atom is -0.305 e. The Labute approximate surface area is 120 Å². The van der Waals surface area contributed by atoms with Gasteiger partial charge in [-0.15, -0.1) is 11.3 Å². The second-order valence-electron chi connectivity index (χ2n) is 4.36. The first-order valence-electron chi connectivity index (χ1n) is 6.10. The Morgan fingerprint density at radius 2 is 2.33 bits per heavy atom. The van der Waals surface area contributed by atoms with Gasteiger partial charge in [0.2, 0.25) is 0 Å². The van der Waals surface area contributed by atoms with Crippen LogP contribution in [0.1, 0.15) is 35.5 Å². The van der Waals surface area contributed by atoms with Gasteiger partial charge in [-0.25, -0.2) is 0 Å². The molecule has 2 rings (SSSR count). The molecular formula is C13H18BrN3S. The summed E-state index contributed by atoms with van der Waals surface area (Å²) in [7, 11) is 1.97. The molecule has 0 saturated carbocycles. The van der Waals surface area contributed by atoms with Gasteiger partial charge in [-0.2, -0.15) is 5.10 Å². The van der Waals surface area contributed by atoms with Gasteiger partial charge in [0.15, 0.2) is 0 Å². The summed E-state index contributed by atoms with van der Waals surface area (Å²) < 4.78 is 3.05. The monoisotopic (exact) mass is 327 g/mol. The van der Waals surface area contributed by atoms with Crippen LogP contribution in [0.4, 0.5) is 0 Å². The third-order valence-corrected chi connectivity index (χ3v) is 4.80. The molecule has 2 aromatic rings. The van der Waals surface area contributed by atoms with Crippen LogP contribution in [0.5, 0.6) is 0 Å². The molecule has 0 aliphatic rings. The molecule has 0 bridgehead atoms. The van der Waals surface area contributed by atoms with E-state index in [0.29, 0.717) is 0 Å². The Balaban J connectivity index is 2.37. The van der Waals surface area contributed by atoms with Gasteiger partial charge in [0.1, 0.15) is 0 Å². The van der Waals surface area contributed by atoms with Crippen molar-refractivity contribution in [2.24, 2.45) is 7.05 Å². The third-order valence-electron chi connectivity index (χ3n) is 2.87. The summed E-state index contributed by atoms with van der Waals surface area (Å²) in [4.78, 5) is 1.32. The molecule has 98 valence electrons. The zero-order valence-electron chi connectivity index (χ0n) is 10.9. The summed E-state index contributed by atoms with van der Waals surface area (Å²) in [5.74, 6) is 0. The van der Waals surface area contributed by atoms with E-state index < -0.39 is 0 Å². The standard InChI is InChI=1S/C13H18BrN3S/c1-4-6-15-12(13-11(14)5-7-18-13)10-8-17(3)16-9(10)2/h5,7-8,12,15H,4,6H2,1-3H3. The topological polar surface area (TPSA) is 29.9 Å². The maximum absolute atomic E-state index is 4.45. The van der Waals surface area contributed by atoms with E-state index >= 15 is 0 Å². The van der Waals surface area contributed by atoms with E-state index in [9.17, 15) is 0 Å². The molecule has 0 amide bonds. The number of halogens is 1. The van der Waals surface area contributed by atoms with E-state index in [0.717, 1.165) is 18.7 Å². The van der Waals surface area contributed by atoms with Crippen LogP contribution in [-0.2, 0) is 7.05 Å². The van der Waals surface area contributed by atoms with Gasteiger partial charge in [-0.3, -0.25) is 4.68 Å². The maximum atomic E-state index is 4.45. The first-order valence-corrected chi connectivity index (χ1v) is 7.77. The lowest BCUT2D eigenvalue weighted by Crippen LogP contribution is -2.23. The summed E-state index contributed by atoms with van der Waals surface area (Å²) in [6.45, 7) is 5.25. The van der Waals surface area contributed by atoms with Gasteiger partial charge in [-0.05, 0) is 47.3 Å². The third kappa shape index (κ3) is 2.84. The Kier molecular flexibility index (Phi) is 4.59. The summed E-state index contributed by atoms with van der Waals surface area (Å²) in [6, 6.07) is 2.33. The molecule has 1 unspecified atom stereocenters. The van der Waals surface area contributed by atoms with Gasteiger partial charge >= 0.3 is 0 Å². The summed E-state index contributed by atoms with van der Waals surface area (Å²) in [6.07, 6.45) is 3.23. The highest BCUT2D eigenvalue weighted by molar-refractivity contribution is 9.10. The van der Waals surface area contributed by atoms with Crippen molar-refractivity contribution in [2.45, 2.75) is 26.3 Å². The van der Waals surface area contributed by atoms with Crippen molar-refractivity contribution < 1.29 is 0 Å². The number of nitrogens with one attached hydrogen (secondary N) is 1. The number of hydrogen-bond acceptors (Lipinski definition) is 3. The molecule has 1 N–H and O–H groups in total. The highest BCUT2D eigenvalue weighted by atomic mass is 79.9. The van der Waals surface area contributed by atoms with Gasteiger partial charge in [-0.1, -0.05) is 6.92 Å². The van der Waals surface area contributed by atoms with E-state index in [1.807, 2.05) is 11.7 Å². The minimum absolute atomic E-state index is 0.230. The van der Waals surface area contributed by atoms with Gasteiger partial charge in [0, 0.05) is 28.2 Å². The number of aromatic nitrogens is 2. The number of thiophene rings is 1. The van der Waals surface area contributed by atoms with Crippen LogP contribution in [0.25, 0.3) is 0 Å². The summed E-state index contributed by atoms with van der Waals surface area (Å²) in [5, 5.41) is 10.2. The number of aryl methyl sites for hydroxylation is 2. The van der Waals surface area contributed by atoms with E-state index in [-0.39, 0.29) is 6.04 Å². The average Bonchev–Trinajstić information content (AvgIpc) is 2.87. The lowest BCUT2D eigenvalue weighted by molar-refractivity contribution is 0.602. The second-order valence-corrected chi connectivity index (χ2v) is 6.17. The molecule has 0 aromatic carbocycles. The van der Waals surface area contributed by atoms with Crippen LogP contribution in [0.15, 0.2) is 22.1 Å². The molecule has 0 aliphatic heterocycles. The minimum atomic E-state index is 0.230. The molecule has 0 spiro atoms. The Hall–Kier alpha value is -0.650. The summed E-state index contributed by atoms with van der Waals surface area (Å²) in [5.41, 5.74) is 2.35. The summed E-state index contributed by atoms with van der Waals surface area (Å²) >= 11 is 5.41. The van der Waals surface area contributed by atoms with Crippen molar-refractivity contribution in [2.75, 3.05) is 6.54 Å². The Morgan fingerprint density at radius 3 is 2.83 bits per heavy atom.